The van der Waals surface area contributed by atoms with Gasteiger partial charge in [-0.3, -0.25) is 4.79 Å². The molecule has 1 fully saturated rings. The lowest BCUT2D eigenvalue weighted by molar-refractivity contribution is -0.121. The van der Waals surface area contributed by atoms with Gasteiger partial charge in [-0.25, -0.2) is 0 Å². The smallest absolute Gasteiger partial charge is 0.220 e. The molecule has 1 amide bonds. The molecular formula is C14H20N2O. The number of benzene rings is 1. The third-order valence-corrected chi connectivity index (χ3v) is 3.18. The zero-order valence-electron chi connectivity index (χ0n) is 10.1. The topological polar surface area (TPSA) is 55.1 Å². The number of carbonyl (C=O) groups is 1. The van der Waals surface area contributed by atoms with Crippen LogP contribution >= 0.6 is 0 Å². The van der Waals surface area contributed by atoms with Crippen LogP contribution in [0.2, 0.25) is 0 Å². The van der Waals surface area contributed by atoms with Crippen molar-refractivity contribution in [3.05, 3.63) is 35.9 Å². The molecule has 1 aliphatic rings. The van der Waals surface area contributed by atoms with Gasteiger partial charge in [0, 0.05) is 19.0 Å². The van der Waals surface area contributed by atoms with Crippen LogP contribution in [-0.2, 0) is 4.79 Å². The normalized spacial score (nSPS) is 16.5. The molecule has 1 aromatic rings. The summed E-state index contributed by atoms with van der Waals surface area (Å²) >= 11 is 0. The Hall–Kier alpha value is -1.35. The Bertz CT molecular complexity index is 360. The second-order valence-electron chi connectivity index (χ2n) is 4.80. The molecule has 1 aliphatic carbocycles. The van der Waals surface area contributed by atoms with E-state index in [1.807, 2.05) is 30.3 Å². The summed E-state index contributed by atoms with van der Waals surface area (Å²) in [5.41, 5.74) is 7.17. The Labute approximate surface area is 102 Å². The molecule has 17 heavy (non-hydrogen) atoms. The van der Waals surface area contributed by atoms with Crippen LogP contribution in [0.15, 0.2) is 30.3 Å². The average Bonchev–Trinajstić information content (AvgIpc) is 3.14. The van der Waals surface area contributed by atoms with E-state index in [0.29, 0.717) is 18.9 Å². The predicted molar refractivity (Wildman–Crippen MR) is 68.3 cm³/mol. The minimum Gasteiger partial charge on any atom is -0.356 e. The Morgan fingerprint density at radius 2 is 2.06 bits per heavy atom. The molecule has 0 spiro atoms. The van der Waals surface area contributed by atoms with Crippen LogP contribution < -0.4 is 11.1 Å². The predicted octanol–water partition coefficient (Wildman–Crippen LogP) is 1.99. The summed E-state index contributed by atoms with van der Waals surface area (Å²) in [4.78, 5) is 11.5. The van der Waals surface area contributed by atoms with E-state index < -0.39 is 0 Å². The van der Waals surface area contributed by atoms with E-state index in [-0.39, 0.29) is 11.9 Å². The van der Waals surface area contributed by atoms with Gasteiger partial charge in [0.25, 0.3) is 0 Å². The highest BCUT2D eigenvalue weighted by atomic mass is 16.1. The molecule has 0 heterocycles. The molecule has 92 valence electrons. The quantitative estimate of drug-likeness (QED) is 0.788. The van der Waals surface area contributed by atoms with Gasteiger partial charge in [-0.15, -0.1) is 0 Å². The number of nitrogens with two attached hydrogens (primary N) is 1. The number of rotatable bonds is 6. The van der Waals surface area contributed by atoms with Gasteiger partial charge in [0.1, 0.15) is 0 Å². The lowest BCUT2D eigenvalue weighted by Gasteiger charge is -2.12. The minimum absolute atomic E-state index is 0.0115. The second kappa shape index (κ2) is 5.82. The largest absolute Gasteiger partial charge is 0.356 e. The highest BCUT2D eigenvalue weighted by Crippen LogP contribution is 2.32. The van der Waals surface area contributed by atoms with Crippen LogP contribution in [0.3, 0.4) is 0 Å². The molecule has 2 rings (SSSR count). The van der Waals surface area contributed by atoms with Crippen molar-refractivity contribution in [3.63, 3.8) is 0 Å². The molecule has 0 bridgehead atoms. The molecule has 1 unspecified atom stereocenters. The number of hydrogen-bond donors (Lipinski definition) is 2. The average molecular weight is 232 g/mol. The Balaban J connectivity index is 1.65. The van der Waals surface area contributed by atoms with Crippen molar-refractivity contribution in [1.82, 2.24) is 5.32 Å². The van der Waals surface area contributed by atoms with E-state index >= 15 is 0 Å². The van der Waals surface area contributed by atoms with E-state index in [1.165, 1.54) is 12.8 Å². The Morgan fingerprint density at radius 1 is 1.35 bits per heavy atom. The SMILES string of the molecule is NC(CCNC(=O)CC1CC1)c1ccccc1. The highest BCUT2D eigenvalue weighted by Gasteiger charge is 2.24. The Morgan fingerprint density at radius 3 is 2.71 bits per heavy atom. The molecule has 1 aromatic carbocycles. The first-order valence-electron chi connectivity index (χ1n) is 6.33. The molecule has 3 N–H and O–H groups in total. The first-order chi connectivity index (χ1) is 8.25. The zero-order valence-corrected chi connectivity index (χ0v) is 10.1. The highest BCUT2D eigenvalue weighted by molar-refractivity contribution is 5.76. The van der Waals surface area contributed by atoms with Crippen molar-refractivity contribution in [2.45, 2.75) is 31.7 Å². The number of nitrogens with one attached hydrogen (secondary N) is 1. The van der Waals surface area contributed by atoms with Crippen molar-refractivity contribution in [2.24, 2.45) is 11.7 Å². The van der Waals surface area contributed by atoms with Crippen LogP contribution in [0.4, 0.5) is 0 Å². The van der Waals surface area contributed by atoms with Gasteiger partial charge in [0.15, 0.2) is 0 Å². The van der Waals surface area contributed by atoms with Gasteiger partial charge in [-0.05, 0) is 30.7 Å². The van der Waals surface area contributed by atoms with Gasteiger partial charge in [0.05, 0.1) is 0 Å². The van der Waals surface area contributed by atoms with Crippen molar-refractivity contribution < 1.29 is 4.79 Å². The lowest BCUT2D eigenvalue weighted by Crippen LogP contribution is -2.27. The Kier molecular flexibility index (Phi) is 4.15. The van der Waals surface area contributed by atoms with Crippen LogP contribution in [0.1, 0.15) is 37.3 Å². The maximum absolute atomic E-state index is 11.5. The molecule has 3 heteroatoms. The fourth-order valence-corrected chi connectivity index (χ4v) is 1.89. The molecule has 0 aromatic heterocycles. The van der Waals surface area contributed by atoms with Gasteiger partial charge in [0.2, 0.25) is 5.91 Å². The van der Waals surface area contributed by atoms with Crippen molar-refractivity contribution in [3.8, 4) is 0 Å². The molecule has 0 saturated heterocycles. The third kappa shape index (κ3) is 4.19. The van der Waals surface area contributed by atoms with E-state index in [9.17, 15) is 4.79 Å². The summed E-state index contributed by atoms with van der Waals surface area (Å²) in [5.74, 6) is 0.825. The summed E-state index contributed by atoms with van der Waals surface area (Å²) in [6.45, 7) is 0.668. The lowest BCUT2D eigenvalue weighted by atomic mass is 10.1. The fraction of sp³-hybridized carbons (Fsp3) is 0.500. The molecule has 0 radical (unpaired) electrons. The summed E-state index contributed by atoms with van der Waals surface area (Å²) in [6, 6.07) is 10.0. The van der Waals surface area contributed by atoms with E-state index in [0.717, 1.165) is 12.0 Å². The second-order valence-corrected chi connectivity index (χ2v) is 4.80. The van der Waals surface area contributed by atoms with E-state index in [4.69, 9.17) is 5.73 Å². The minimum atomic E-state index is 0.0115. The third-order valence-electron chi connectivity index (χ3n) is 3.18. The van der Waals surface area contributed by atoms with E-state index in [2.05, 4.69) is 5.32 Å². The summed E-state index contributed by atoms with van der Waals surface area (Å²) < 4.78 is 0. The number of amides is 1. The molecule has 3 nitrogen and oxygen atoms in total. The molecular weight excluding hydrogens is 212 g/mol. The molecule has 0 aliphatic heterocycles. The first-order valence-corrected chi connectivity index (χ1v) is 6.33. The van der Waals surface area contributed by atoms with Gasteiger partial charge >= 0.3 is 0 Å². The summed E-state index contributed by atoms with van der Waals surface area (Å²) in [5, 5.41) is 2.94. The van der Waals surface area contributed by atoms with Crippen molar-refractivity contribution in [1.29, 1.82) is 0 Å². The summed E-state index contributed by atoms with van der Waals surface area (Å²) in [7, 11) is 0. The van der Waals surface area contributed by atoms with Crippen molar-refractivity contribution >= 4 is 5.91 Å². The van der Waals surface area contributed by atoms with Gasteiger partial charge < -0.3 is 11.1 Å². The standard InChI is InChI=1S/C14H20N2O/c15-13(12-4-2-1-3-5-12)8-9-16-14(17)10-11-6-7-11/h1-5,11,13H,6-10,15H2,(H,16,17). The molecule has 1 saturated carbocycles. The first kappa shape index (κ1) is 12.1. The fourth-order valence-electron chi connectivity index (χ4n) is 1.89. The molecule has 1 atom stereocenters. The van der Waals surface area contributed by atoms with Crippen LogP contribution in [0, 0.1) is 5.92 Å². The van der Waals surface area contributed by atoms with Crippen LogP contribution in [0.5, 0.6) is 0 Å². The maximum atomic E-state index is 11.5. The monoisotopic (exact) mass is 232 g/mol. The van der Waals surface area contributed by atoms with Crippen LogP contribution in [-0.4, -0.2) is 12.5 Å². The number of hydrogen-bond acceptors (Lipinski definition) is 2. The van der Waals surface area contributed by atoms with Crippen LogP contribution in [0.25, 0.3) is 0 Å². The van der Waals surface area contributed by atoms with Gasteiger partial charge in [-0.2, -0.15) is 0 Å². The van der Waals surface area contributed by atoms with Crippen molar-refractivity contribution in [2.75, 3.05) is 6.54 Å². The van der Waals surface area contributed by atoms with Gasteiger partial charge in [-0.1, -0.05) is 30.3 Å². The zero-order chi connectivity index (χ0) is 12.1. The van der Waals surface area contributed by atoms with E-state index in [1.54, 1.807) is 0 Å². The summed E-state index contributed by atoms with van der Waals surface area (Å²) in [6.07, 6.45) is 3.93. The number of carbonyl (C=O) groups excluding carboxylic acids is 1. The maximum Gasteiger partial charge on any atom is 0.220 e.